The Kier molecular flexibility index (Phi) is 7.10. The van der Waals surface area contributed by atoms with Gasteiger partial charge in [-0.15, -0.1) is 0 Å². The molecule has 0 aliphatic carbocycles. The summed E-state index contributed by atoms with van der Waals surface area (Å²) in [4.78, 5) is 18.2. The van der Waals surface area contributed by atoms with E-state index in [0.717, 1.165) is 37.4 Å². The van der Waals surface area contributed by atoms with Gasteiger partial charge in [-0.05, 0) is 75.0 Å². The van der Waals surface area contributed by atoms with Gasteiger partial charge in [0, 0.05) is 25.0 Å². The van der Waals surface area contributed by atoms with Gasteiger partial charge in [-0.3, -0.25) is 9.78 Å². The summed E-state index contributed by atoms with van der Waals surface area (Å²) in [5, 5.41) is 2.94. The molecule has 1 N–H and O–H groups in total. The van der Waals surface area contributed by atoms with Crippen LogP contribution in [0.1, 0.15) is 38.2 Å². The van der Waals surface area contributed by atoms with E-state index < -0.39 is 0 Å². The highest BCUT2D eigenvalue weighted by atomic mass is 16.1. The van der Waals surface area contributed by atoms with Gasteiger partial charge in [-0.1, -0.05) is 6.92 Å². The largest absolute Gasteiger partial charge is 0.353 e. The second-order valence-corrected chi connectivity index (χ2v) is 6.14. The van der Waals surface area contributed by atoms with Crippen LogP contribution < -0.4 is 5.32 Å². The van der Waals surface area contributed by atoms with E-state index in [1.54, 1.807) is 18.5 Å². The summed E-state index contributed by atoms with van der Waals surface area (Å²) in [5.74, 6) is 0.867. The zero-order chi connectivity index (χ0) is 15.6. The van der Waals surface area contributed by atoms with Gasteiger partial charge in [0.25, 0.3) is 0 Å². The molecule has 2 rings (SSSR count). The Bertz CT molecular complexity index is 464. The van der Waals surface area contributed by atoms with E-state index in [1.807, 2.05) is 18.2 Å². The smallest absolute Gasteiger partial charge is 0.243 e. The van der Waals surface area contributed by atoms with Gasteiger partial charge >= 0.3 is 0 Å². The molecule has 1 aliphatic heterocycles. The minimum atomic E-state index is -0.0244. The Hall–Kier alpha value is -1.68. The lowest BCUT2D eigenvalue weighted by Crippen LogP contribution is -2.34. The van der Waals surface area contributed by atoms with Crippen LogP contribution in [-0.4, -0.2) is 42.0 Å². The Labute approximate surface area is 133 Å². The molecule has 1 saturated heterocycles. The number of rotatable bonds is 7. The molecule has 0 unspecified atom stereocenters. The summed E-state index contributed by atoms with van der Waals surface area (Å²) < 4.78 is 0. The monoisotopic (exact) mass is 301 g/mol. The molecule has 2 heterocycles. The molecule has 4 nitrogen and oxygen atoms in total. The summed E-state index contributed by atoms with van der Waals surface area (Å²) >= 11 is 0. The van der Waals surface area contributed by atoms with Crippen molar-refractivity contribution in [2.45, 2.75) is 32.6 Å². The maximum absolute atomic E-state index is 11.7. The Morgan fingerprint density at radius 2 is 2.05 bits per heavy atom. The number of nitrogens with zero attached hydrogens (tertiary/aromatic N) is 2. The number of hydrogen-bond acceptors (Lipinski definition) is 3. The van der Waals surface area contributed by atoms with Crippen LogP contribution >= 0.6 is 0 Å². The second-order valence-electron chi connectivity index (χ2n) is 6.14. The lowest BCUT2D eigenvalue weighted by Gasteiger charge is -2.30. The number of carbonyl (C=O) groups is 1. The fraction of sp³-hybridized carbons (Fsp3) is 0.556. The minimum Gasteiger partial charge on any atom is -0.353 e. The summed E-state index contributed by atoms with van der Waals surface area (Å²) in [7, 11) is 0. The highest BCUT2D eigenvalue weighted by molar-refractivity contribution is 5.91. The zero-order valence-corrected chi connectivity index (χ0v) is 13.5. The van der Waals surface area contributed by atoms with Gasteiger partial charge in [-0.25, -0.2) is 0 Å². The van der Waals surface area contributed by atoms with E-state index in [9.17, 15) is 4.79 Å². The topological polar surface area (TPSA) is 45.2 Å². The average Bonchev–Trinajstić information content (AvgIpc) is 2.55. The first-order valence-electron chi connectivity index (χ1n) is 8.32. The number of unbranched alkanes of at least 4 members (excludes halogenated alkanes) is 1. The molecule has 4 heteroatoms. The van der Waals surface area contributed by atoms with Crippen LogP contribution in [0.15, 0.2) is 30.6 Å². The fourth-order valence-electron chi connectivity index (χ4n) is 2.66. The summed E-state index contributed by atoms with van der Waals surface area (Å²) in [6.07, 6.45) is 11.7. The lowest BCUT2D eigenvalue weighted by atomic mass is 9.99. The zero-order valence-electron chi connectivity index (χ0n) is 13.5. The van der Waals surface area contributed by atoms with Gasteiger partial charge in [0.05, 0.1) is 0 Å². The molecule has 0 spiro atoms. The molecule has 1 aromatic rings. The maximum Gasteiger partial charge on any atom is 0.243 e. The van der Waals surface area contributed by atoms with Crippen molar-refractivity contribution < 1.29 is 4.79 Å². The third-order valence-electron chi connectivity index (χ3n) is 4.21. The first-order valence-corrected chi connectivity index (χ1v) is 8.32. The van der Waals surface area contributed by atoms with Crippen LogP contribution in [0, 0.1) is 5.92 Å². The number of carbonyl (C=O) groups excluding carboxylic acids is 1. The van der Waals surface area contributed by atoms with E-state index in [1.165, 1.54) is 25.9 Å². The summed E-state index contributed by atoms with van der Waals surface area (Å²) in [6.45, 7) is 6.73. The lowest BCUT2D eigenvalue weighted by molar-refractivity contribution is -0.116. The molecule has 1 amide bonds. The Balaban J connectivity index is 1.53. The van der Waals surface area contributed by atoms with Crippen LogP contribution in [-0.2, 0) is 4.79 Å². The standard InChI is InChI=1S/C18H27N3O/c1-16-8-14-21(15-9-16)13-3-2-10-20-18(22)5-4-17-6-11-19-12-7-17/h4-7,11-12,16H,2-3,8-10,13-15H2,1H3,(H,20,22). The molecule has 0 bridgehead atoms. The van der Waals surface area contributed by atoms with Gasteiger partial charge in [0.1, 0.15) is 0 Å². The average molecular weight is 301 g/mol. The number of aromatic nitrogens is 1. The molecular formula is C18H27N3O. The summed E-state index contributed by atoms with van der Waals surface area (Å²) in [5.41, 5.74) is 0.990. The number of likely N-dealkylation sites (tertiary alicyclic amines) is 1. The molecule has 120 valence electrons. The number of amides is 1. The molecule has 1 aliphatic rings. The minimum absolute atomic E-state index is 0.0244. The van der Waals surface area contributed by atoms with E-state index in [4.69, 9.17) is 0 Å². The molecule has 0 atom stereocenters. The van der Waals surface area contributed by atoms with Crippen molar-refractivity contribution in [2.24, 2.45) is 5.92 Å². The Morgan fingerprint density at radius 1 is 1.32 bits per heavy atom. The fourth-order valence-corrected chi connectivity index (χ4v) is 2.66. The molecular weight excluding hydrogens is 274 g/mol. The van der Waals surface area contributed by atoms with Crippen molar-refractivity contribution in [3.8, 4) is 0 Å². The number of pyridine rings is 1. The van der Waals surface area contributed by atoms with Crippen molar-refractivity contribution in [1.82, 2.24) is 15.2 Å². The number of piperidine rings is 1. The van der Waals surface area contributed by atoms with Crippen LogP contribution in [0.25, 0.3) is 6.08 Å². The van der Waals surface area contributed by atoms with Crippen molar-refractivity contribution in [2.75, 3.05) is 26.2 Å². The predicted molar refractivity (Wildman–Crippen MR) is 90.4 cm³/mol. The first-order chi connectivity index (χ1) is 10.7. The highest BCUT2D eigenvalue weighted by Gasteiger charge is 2.14. The number of hydrogen-bond donors (Lipinski definition) is 1. The van der Waals surface area contributed by atoms with Gasteiger partial charge in [0.2, 0.25) is 5.91 Å². The van der Waals surface area contributed by atoms with Crippen LogP contribution in [0.5, 0.6) is 0 Å². The van der Waals surface area contributed by atoms with Crippen molar-refractivity contribution in [3.63, 3.8) is 0 Å². The molecule has 1 fully saturated rings. The quantitative estimate of drug-likeness (QED) is 0.622. The summed E-state index contributed by atoms with van der Waals surface area (Å²) in [6, 6.07) is 3.76. The van der Waals surface area contributed by atoms with Gasteiger partial charge in [0.15, 0.2) is 0 Å². The maximum atomic E-state index is 11.7. The highest BCUT2D eigenvalue weighted by Crippen LogP contribution is 2.15. The van der Waals surface area contributed by atoms with Crippen molar-refractivity contribution in [1.29, 1.82) is 0 Å². The predicted octanol–water partition coefficient (Wildman–Crippen LogP) is 2.72. The van der Waals surface area contributed by atoms with Crippen molar-refractivity contribution >= 4 is 12.0 Å². The van der Waals surface area contributed by atoms with E-state index >= 15 is 0 Å². The molecule has 0 aromatic carbocycles. The normalized spacial score (nSPS) is 17.0. The second kappa shape index (κ2) is 9.36. The van der Waals surface area contributed by atoms with Crippen LogP contribution in [0.4, 0.5) is 0 Å². The third-order valence-corrected chi connectivity index (χ3v) is 4.21. The molecule has 0 saturated carbocycles. The third kappa shape index (κ3) is 6.39. The number of nitrogens with one attached hydrogen (secondary N) is 1. The van der Waals surface area contributed by atoms with Gasteiger partial charge in [-0.2, -0.15) is 0 Å². The van der Waals surface area contributed by atoms with Crippen LogP contribution in [0.2, 0.25) is 0 Å². The van der Waals surface area contributed by atoms with Crippen LogP contribution in [0.3, 0.4) is 0 Å². The Morgan fingerprint density at radius 3 is 2.77 bits per heavy atom. The SMILES string of the molecule is CC1CCN(CCCCNC(=O)C=Cc2ccncc2)CC1. The molecule has 1 aromatic heterocycles. The molecule has 0 radical (unpaired) electrons. The molecule has 22 heavy (non-hydrogen) atoms. The van der Waals surface area contributed by atoms with E-state index in [-0.39, 0.29) is 5.91 Å². The van der Waals surface area contributed by atoms with Crippen molar-refractivity contribution in [3.05, 3.63) is 36.2 Å². The van der Waals surface area contributed by atoms with Gasteiger partial charge < -0.3 is 10.2 Å². The van der Waals surface area contributed by atoms with E-state index in [0.29, 0.717) is 0 Å². The first kappa shape index (κ1) is 16.7. The van der Waals surface area contributed by atoms with E-state index in [2.05, 4.69) is 22.1 Å².